The Hall–Kier alpha value is -1.59. The quantitative estimate of drug-likeness (QED) is 0.902. The Labute approximate surface area is 117 Å². The van der Waals surface area contributed by atoms with Crippen LogP contribution in [0.2, 0.25) is 0 Å². The summed E-state index contributed by atoms with van der Waals surface area (Å²) in [6.07, 6.45) is 5.81. The van der Waals surface area contributed by atoms with Crippen molar-refractivity contribution >= 4 is 11.5 Å². The molecule has 2 aromatic heterocycles. The lowest BCUT2D eigenvalue weighted by Crippen LogP contribution is -2.49. The third kappa shape index (κ3) is 1.73. The summed E-state index contributed by atoms with van der Waals surface area (Å²) in [7, 11) is 0. The standard InChI is InChI=1S/C15H19N3O2/c19-10-12-15(16-14-6-1-2-7-17(12)14)18-8-9-20-13-5-3-4-11(13)18/h1-2,6-7,11,13,19H,3-5,8-10H2. The maximum absolute atomic E-state index is 9.76. The van der Waals surface area contributed by atoms with Crippen molar-refractivity contribution in [2.45, 2.75) is 38.0 Å². The topological polar surface area (TPSA) is 50.0 Å². The van der Waals surface area contributed by atoms with Crippen LogP contribution in [0.5, 0.6) is 0 Å². The van der Waals surface area contributed by atoms with Gasteiger partial charge in [-0.3, -0.25) is 4.40 Å². The molecule has 0 radical (unpaired) electrons. The SMILES string of the molecule is OCc1c(N2CCOC3CCCC32)nc2ccccn12. The molecule has 2 aromatic rings. The summed E-state index contributed by atoms with van der Waals surface area (Å²) < 4.78 is 7.84. The van der Waals surface area contributed by atoms with Gasteiger partial charge in [-0.25, -0.2) is 4.98 Å². The minimum atomic E-state index is 0.00918. The van der Waals surface area contributed by atoms with Gasteiger partial charge in [-0.1, -0.05) is 6.07 Å². The Morgan fingerprint density at radius 1 is 1.35 bits per heavy atom. The molecule has 2 aliphatic rings. The van der Waals surface area contributed by atoms with E-state index >= 15 is 0 Å². The number of morpholine rings is 1. The van der Waals surface area contributed by atoms with Gasteiger partial charge in [0.2, 0.25) is 0 Å². The highest BCUT2D eigenvalue weighted by molar-refractivity contribution is 5.56. The van der Waals surface area contributed by atoms with Crippen molar-refractivity contribution in [2.24, 2.45) is 0 Å². The smallest absolute Gasteiger partial charge is 0.153 e. The fourth-order valence-corrected chi connectivity index (χ4v) is 3.60. The van der Waals surface area contributed by atoms with Crippen LogP contribution in [0.4, 0.5) is 5.82 Å². The van der Waals surface area contributed by atoms with Gasteiger partial charge < -0.3 is 14.7 Å². The second-order valence-corrected chi connectivity index (χ2v) is 5.57. The van der Waals surface area contributed by atoms with Crippen LogP contribution in [0.25, 0.3) is 5.65 Å². The number of fused-ring (bicyclic) bond motifs is 2. The summed E-state index contributed by atoms with van der Waals surface area (Å²) in [5, 5.41) is 9.76. The molecule has 4 rings (SSSR count). The highest BCUT2D eigenvalue weighted by Gasteiger charge is 2.38. The average molecular weight is 273 g/mol. The summed E-state index contributed by atoms with van der Waals surface area (Å²) in [4.78, 5) is 7.09. The van der Waals surface area contributed by atoms with E-state index in [0.717, 1.165) is 43.2 Å². The van der Waals surface area contributed by atoms with Crippen LogP contribution >= 0.6 is 0 Å². The minimum Gasteiger partial charge on any atom is -0.390 e. The third-order valence-corrected chi connectivity index (χ3v) is 4.51. The van der Waals surface area contributed by atoms with Crippen molar-refractivity contribution in [1.29, 1.82) is 0 Å². The molecule has 0 spiro atoms. The number of rotatable bonds is 2. The predicted octanol–water partition coefficient (Wildman–Crippen LogP) is 1.58. The first kappa shape index (κ1) is 12.2. The molecule has 1 aliphatic heterocycles. The van der Waals surface area contributed by atoms with Gasteiger partial charge in [-0.05, 0) is 31.4 Å². The van der Waals surface area contributed by atoms with Gasteiger partial charge in [0.05, 0.1) is 31.1 Å². The summed E-state index contributed by atoms with van der Waals surface area (Å²) >= 11 is 0. The van der Waals surface area contributed by atoms with Crippen LogP contribution in [0, 0.1) is 0 Å². The molecule has 106 valence electrons. The molecule has 2 atom stereocenters. The van der Waals surface area contributed by atoms with E-state index in [2.05, 4.69) is 4.90 Å². The predicted molar refractivity (Wildman–Crippen MR) is 75.8 cm³/mol. The number of aromatic nitrogens is 2. The summed E-state index contributed by atoms with van der Waals surface area (Å²) in [6, 6.07) is 6.34. The third-order valence-electron chi connectivity index (χ3n) is 4.51. The zero-order chi connectivity index (χ0) is 13.5. The van der Waals surface area contributed by atoms with E-state index in [0.29, 0.717) is 12.1 Å². The van der Waals surface area contributed by atoms with E-state index in [-0.39, 0.29) is 6.61 Å². The number of ether oxygens (including phenoxy) is 1. The van der Waals surface area contributed by atoms with Gasteiger partial charge in [0.15, 0.2) is 5.82 Å². The lowest BCUT2D eigenvalue weighted by molar-refractivity contribution is 0.0252. The van der Waals surface area contributed by atoms with Crippen LogP contribution in [0.15, 0.2) is 24.4 Å². The van der Waals surface area contributed by atoms with Crippen molar-refractivity contribution in [3.05, 3.63) is 30.1 Å². The molecule has 2 unspecified atom stereocenters. The van der Waals surface area contributed by atoms with E-state index in [1.165, 1.54) is 6.42 Å². The molecule has 1 saturated heterocycles. The second kappa shape index (κ2) is 4.75. The number of imidazole rings is 1. The Morgan fingerprint density at radius 3 is 3.20 bits per heavy atom. The Morgan fingerprint density at radius 2 is 2.30 bits per heavy atom. The van der Waals surface area contributed by atoms with Crippen LogP contribution < -0.4 is 4.90 Å². The van der Waals surface area contributed by atoms with Crippen molar-refractivity contribution in [2.75, 3.05) is 18.1 Å². The molecule has 2 fully saturated rings. The van der Waals surface area contributed by atoms with E-state index in [4.69, 9.17) is 9.72 Å². The number of aliphatic hydroxyl groups excluding tert-OH is 1. The number of pyridine rings is 1. The van der Waals surface area contributed by atoms with Gasteiger partial charge in [-0.15, -0.1) is 0 Å². The van der Waals surface area contributed by atoms with E-state index in [9.17, 15) is 5.11 Å². The van der Waals surface area contributed by atoms with Crippen molar-refractivity contribution in [3.63, 3.8) is 0 Å². The molecule has 5 heteroatoms. The van der Waals surface area contributed by atoms with Crippen molar-refractivity contribution in [3.8, 4) is 0 Å². The second-order valence-electron chi connectivity index (χ2n) is 5.57. The highest BCUT2D eigenvalue weighted by atomic mass is 16.5. The first-order valence-corrected chi connectivity index (χ1v) is 7.33. The first-order chi connectivity index (χ1) is 9.88. The Bertz CT molecular complexity index is 625. The fraction of sp³-hybridized carbons (Fsp3) is 0.533. The number of hydrogen-bond acceptors (Lipinski definition) is 4. The van der Waals surface area contributed by atoms with E-state index < -0.39 is 0 Å². The molecular weight excluding hydrogens is 254 g/mol. The molecule has 0 bridgehead atoms. The molecular formula is C15H19N3O2. The summed E-state index contributed by atoms with van der Waals surface area (Å²) in [5.41, 5.74) is 1.78. The maximum Gasteiger partial charge on any atom is 0.153 e. The van der Waals surface area contributed by atoms with Gasteiger partial charge in [0.25, 0.3) is 0 Å². The number of anilines is 1. The van der Waals surface area contributed by atoms with Gasteiger partial charge in [-0.2, -0.15) is 0 Å². The molecule has 0 amide bonds. The molecule has 1 aliphatic carbocycles. The van der Waals surface area contributed by atoms with Crippen LogP contribution in [-0.2, 0) is 11.3 Å². The van der Waals surface area contributed by atoms with Crippen molar-refractivity contribution < 1.29 is 9.84 Å². The van der Waals surface area contributed by atoms with Gasteiger partial charge in [0.1, 0.15) is 5.65 Å². The molecule has 20 heavy (non-hydrogen) atoms. The normalized spacial score (nSPS) is 26.1. The zero-order valence-corrected chi connectivity index (χ0v) is 11.4. The van der Waals surface area contributed by atoms with Crippen LogP contribution in [0.3, 0.4) is 0 Å². The highest BCUT2D eigenvalue weighted by Crippen LogP contribution is 2.34. The number of hydrogen-bond donors (Lipinski definition) is 1. The monoisotopic (exact) mass is 273 g/mol. The van der Waals surface area contributed by atoms with Gasteiger partial charge >= 0.3 is 0 Å². The molecule has 1 saturated carbocycles. The maximum atomic E-state index is 9.76. The lowest BCUT2D eigenvalue weighted by Gasteiger charge is -2.38. The van der Waals surface area contributed by atoms with Crippen LogP contribution in [0.1, 0.15) is 25.0 Å². The molecule has 0 aromatic carbocycles. The number of aliphatic hydroxyl groups is 1. The Kier molecular flexibility index (Phi) is 2.89. The fourth-order valence-electron chi connectivity index (χ4n) is 3.60. The molecule has 3 heterocycles. The average Bonchev–Trinajstić information content (AvgIpc) is 3.10. The summed E-state index contributed by atoms with van der Waals surface area (Å²) in [6.45, 7) is 1.62. The molecule has 1 N–H and O–H groups in total. The van der Waals surface area contributed by atoms with E-state index in [1.54, 1.807) is 0 Å². The van der Waals surface area contributed by atoms with Crippen molar-refractivity contribution in [1.82, 2.24) is 9.38 Å². The largest absolute Gasteiger partial charge is 0.390 e. The number of nitrogens with zero attached hydrogens (tertiary/aromatic N) is 3. The van der Waals surface area contributed by atoms with Crippen LogP contribution in [-0.4, -0.2) is 39.8 Å². The summed E-state index contributed by atoms with van der Waals surface area (Å²) in [5.74, 6) is 0.930. The zero-order valence-electron chi connectivity index (χ0n) is 11.4. The lowest BCUT2D eigenvalue weighted by atomic mass is 10.1. The Balaban J connectivity index is 1.80. The minimum absolute atomic E-state index is 0.00918. The molecule has 5 nitrogen and oxygen atoms in total. The first-order valence-electron chi connectivity index (χ1n) is 7.33. The van der Waals surface area contributed by atoms with E-state index in [1.807, 2.05) is 28.8 Å². The van der Waals surface area contributed by atoms with Gasteiger partial charge in [0, 0.05) is 12.7 Å².